The van der Waals surface area contributed by atoms with Crippen LogP contribution in [0, 0.1) is 0 Å². The van der Waals surface area contributed by atoms with E-state index in [2.05, 4.69) is 0 Å². The number of sulfonamides is 1. The van der Waals surface area contributed by atoms with Crippen LogP contribution in [-0.4, -0.2) is 60.5 Å². The van der Waals surface area contributed by atoms with E-state index in [0.29, 0.717) is 31.2 Å². The van der Waals surface area contributed by atoms with E-state index in [-0.39, 0.29) is 12.5 Å². The average molecular weight is 356 g/mol. The van der Waals surface area contributed by atoms with Gasteiger partial charge in [-0.1, -0.05) is 17.7 Å². The summed E-state index contributed by atoms with van der Waals surface area (Å²) in [6, 6.07) is 7.52. The standard InChI is InChI=1S/C15H18ClN3O3S/c1-23(21,22)19-8-6-17(7-9-19)15(20)11-18-5-4-12-2-3-13(16)10-14(12)18/h2-5,10H,6-9,11H2,1H3. The highest BCUT2D eigenvalue weighted by molar-refractivity contribution is 7.88. The zero-order chi connectivity index (χ0) is 16.6. The van der Waals surface area contributed by atoms with Crippen LogP contribution in [0.15, 0.2) is 30.5 Å². The van der Waals surface area contributed by atoms with Gasteiger partial charge in [0.05, 0.1) is 6.26 Å². The highest BCUT2D eigenvalue weighted by atomic mass is 35.5. The van der Waals surface area contributed by atoms with Gasteiger partial charge in [0.15, 0.2) is 0 Å². The Hall–Kier alpha value is -1.57. The summed E-state index contributed by atoms with van der Waals surface area (Å²) in [5.74, 6) is -0.0179. The number of nitrogens with zero attached hydrogens (tertiary/aromatic N) is 3. The number of carbonyl (C=O) groups excluding carboxylic acids is 1. The number of hydrogen-bond donors (Lipinski definition) is 0. The summed E-state index contributed by atoms with van der Waals surface area (Å²) in [6.07, 6.45) is 3.06. The van der Waals surface area contributed by atoms with Crippen molar-refractivity contribution in [2.24, 2.45) is 0 Å². The van der Waals surface area contributed by atoms with Gasteiger partial charge in [-0.05, 0) is 23.6 Å². The van der Waals surface area contributed by atoms with E-state index in [9.17, 15) is 13.2 Å². The van der Waals surface area contributed by atoms with Gasteiger partial charge in [0, 0.05) is 42.9 Å². The van der Waals surface area contributed by atoms with Gasteiger partial charge in [-0.3, -0.25) is 4.79 Å². The molecule has 8 heteroatoms. The zero-order valence-corrected chi connectivity index (χ0v) is 14.3. The van der Waals surface area contributed by atoms with Gasteiger partial charge in [-0.15, -0.1) is 0 Å². The fraction of sp³-hybridized carbons (Fsp3) is 0.400. The Balaban J connectivity index is 1.69. The number of halogens is 1. The van der Waals surface area contributed by atoms with Crippen molar-refractivity contribution in [3.8, 4) is 0 Å². The van der Waals surface area contributed by atoms with Gasteiger partial charge >= 0.3 is 0 Å². The lowest BCUT2D eigenvalue weighted by molar-refractivity contribution is -0.132. The largest absolute Gasteiger partial charge is 0.339 e. The lowest BCUT2D eigenvalue weighted by Gasteiger charge is -2.33. The van der Waals surface area contributed by atoms with Crippen LogP contribution >= 0.6 is 11.6 Å². The zero-order valence-electron chi connectivity index (χ0n) is 12.8. The molecule has 23 heavy (non-hydrogen) atoms. The van der Waals surface area contributed by atoms with Crippen LogP contribution in [0.4, 0.5) is 0 Å². The normalized spacial score (nSPS) is 16.9. The second-order valence-corrected chi connectivity index (χ2v) is 8.11. The topological polar surface area (TPSA) is 62.6 Å². The first-order chi connectivity index (χ1) is 10.8. The van der Waals surface area contributed by atoms with Gasteiger partial charge in [0.1, 0.15) is 6.54 Å². The first-order valence-corrected chi connectivity index (χ1v) is 9.54. The maximum absolute atomic E-state index is 12.5. The number of benzene rings is 1. The molecule has 1 aliphatic rings. The quantitative estimate of drug-likeness (QED) is 0.836. The highest BCUT2D eigenvalue weighted by Crippen LogP contribution is 2.20. The summed E-state index contributed by atoms with van der Waals surface area (Å²) in [7, 11) is -3.18. The predicted octanol–water partition coefficient (Wildman–Crippen LogP) is 1.40. The van der Waals surface area contributed by atoms with Crippen LogP contribution in [0.25, 0.3) is 10.9 Å². The summed E-state index contributed by atoms with van der Waals surface area (Å²) in [6.45, 7) is 1.77. The maximum atomic E-state index is 12.5. The van der Waals surface area contributed by atoms with Gasteiger partial charge in [0.25, 0.3) is 0 Å². The van der Waals surface area contributed by atoms with Gasteiger partial charge in [-0.2, -0.15) is 4.31 Å². The molecule has 0 aliphatic carbocycles. The van der Waals surface area contributed by atoms with Crippen molar-refractivity contribution in [1.29, 1.82) is 0 Å². The van der Waals surface area contributed by atoms with Crippen molar-refractivity contribution >= 4 is 38.4 Å². The Morgan fingerprint density at radius 1 is 1.17 bits per heavy atom. The summed E-state index contributed by atoms with van der Waals surface area (Å²) in [5.41, 5.74) is 0.917. The smallest absolute Gasteiger partial charge is 0.242 e. The minimum absolute atomic E-state index is 0.0179. The van der Waals surface area contributed by atoms with Crippen LogP contribution in [0.1, 0.15) is 0 Å². The molecule has 124 valence electrons. The monoisotopic (exact) mass is 355 g/mol. The Morgan fingerprint density at radius 3 is 2.52 bits per heavy atom. The van der Waals surface area contributed by atoms with Crippen molar-refractivity contribution in [3.05, 3.63) is 35.5 Å². The fourth-order valence-electron chi connectivity index (χ4n) is 2.81. The molecule has 0 spiro atoms. The third-order valence-corrected chi connectivity index (χ3v) is 5.64. The van der Waals surface area contributed by atoms with E-state index in [0.717, 1.165) is 10.9 Å². The molecular formula is C15H18ClN3O3S. The van der Waals surface area contributed by atoms with Crippen molar-refractivity contribution in [1.82, 2.24) is 13.8 Å². The number of amides is 1. The summed E-state index contributed by atoms with van der Waals surface area (Å²) >= 11 is 6.02. The third kappa shape index (κ3) is 3.52. The van der Waals surface area contributed by atoms with Gasteiger partial charge in [-0.25, -0.2) is 8.42 Å². The molecule has 0 atom stereocenters. The van der Waals surface area contributed by atoms with Crippen LogP contribution in [0.2, 0.25) is 5.02 Å². The molecular weight excluding hydrogens is 338 g/mol. The molecule has 6 nitrogen and oxygen atoms in total. The molecule has 0 bridgehead atoms. The molecule has 1 aromatic heterocycles. The predicted molar refractivity (Wildman–Crippen MR) is 89.9 cm³/mol. The second kappa shape index (κ2) is 6.14. The molecule has 1 aromatic carbocycles. The Kier molecular flexibility index (Phi) is 4.35. The van der Waals surface area contributed by atoms with Crippen molar-refractivity contribution in [2.75, 3.05) is 32.4 Å². The van der Waals surface area contributed by atoms with Crippen molar-refractivity contribution in [3.63, 3.8) is 0 Å². The molecule has 1 amide bonds. The Morgan fingerprint density at radius 2 is 1.87 bits per heavy atom. The molecule has 1 fully saturated rings. The van der Waals surface area contributed by atoms with E-state index in [4.69, 9.17) is 11.6 Å². The lowest BCUT2D eigenvalue weighted by atomic mass is 10.2. The molecule has 3 rings (SSSR count). The number of carbonyl (C=O) groups is 1. The molecule has 0 saturated carbocycles. The fourth-order valence-corrected chi connectivity index (χ4v) is 3.80. The number of hydrogen-bond acceptors (Lipinski definition) is 3. The SMILES string of the molecule is CS(=O)(=O)N1CCN(C(=O)Cn2ccc3ccc(Cl)cc32)CC1. The Labute approximate surface area is 140 Å². The van der Waals surface area contributed by atoms with E-state index in [1.807, 2.05) is 35.0 Å². The molecule has 1 saturated heterocycles. The molecule has 0 unspecified atom stereocenters. The van der Waals surface area contributed by atoms with E-state index < -0.39 is 10.0 Å². The van der Waals surface area contributed by atoms with Gasteiger partial charge < -0.3 is 9.47 Å². The summed E-state index contributed by atoms with van der Waals surface area (Å²) in [4.78, 5) is 14.2. The summed E-state index contributed by atoms with van der Waals surface area (Å²) in [5, 5.41) is 1.66. The third-order valence-electron chi connectivity index (χ3n) is 4.10. The van der Waals surface area contributed by atoms with E-state index in [1.54, 1.807) is 4.90 Å². The van der Waals surface area contributed by atoms with Crippen LogP contribution in [-0.2, 0) is 21.4 Å². The second-order valence-electron chi connectivity index (χ2n) is 5.69. The average Bonchev–Trinajstić information content (AvgIpc) is 2.89. The van der Waals surface area contributed by atoms with E-state index in [1.165, 1.54) is 10.6 Å². The number of rotatable bonds is 3. The number of fused-ring (bicyclic) bond motifs is 1. The lowest BCUT2D eigenvalue weighted by Crippen LogP contribution is -2.50. The number of piperazine rings is 1. The molecule has 2 aromatic rings. The Bertz CT molecular complexity index is 839. The molecule has 2 heterocycles. The minimum atomic E-state index is -3.18. The van der Waals surface area contributed by atoms with Crippen LogP contribution < -0.4 is 0 Å². The van der Waals surface area contributed by atoms with Crippen molar-refractivity contribution in [2.45, 2.75) is 6.54 Å². The molecule has 1 aliphatic heterocycles. The van der Waals surface area contributed by atoms with Crippen molar-refractivity contribution < 1.29 is 13.2 Å². The first kappa shape index (κ1) is 16.3. The van der Waals surface area contributed by atoms with Crippen LogP contribution in [0.5, 0.6) is 0 Å². The number of aromatic nitrogens is 1. The highest BCUT2D eigenvalue weighted by Gasteiger charge is 2.26. The van der Waals surface area contributed by atoms with Crippen LogP contribution in [0.3, 0.4) is 0 Å². The maximum Gasteiger partial charge on any atom is 0.242 e. The minimum Gasteiger partial charge on any atom is -0.339 e. The summed E-state index contributed by atoms with van der Waals surface area (Å²) < 4.78 is 26.3. The van der Waals surface area contributed by atoms with E-state index >= 15 is 0 Å². The first-order valence-electron chi connectivity index (χ1n) is 7.32. The molecule has 0 radical (unpaired) electrons. The van der Waals surface area contributed by atoms with Gasteiger partial charge in [0.2, 0.25) is 15.9 Å². The molecule has 0 N–H and O–H groups in total.